The van der Waals surface area contributed by atoms with Crippen molar-refractivity contribution in [1.29, 1.82) is 5.26 Å². The van der Waals surface area contributed by atoms with Crippen LogP contribution in [0.1, 0.15) is 22.0 Å². The molecule has 0 radical (unpaired) electrons. The van der Waals surface area contributed by atoms with Gasteiger partial charge in [0.05, 0.1) is 6.07 Å². The first kappa shape index (κ1) is 10.0. The van der Waals surface area contributed by atoms with Gasteiger partial charge in [0.25, 0.3) is 0 Å². The van der Waals surface area contributed by atoms with Crippen LogP contribution in [0.3, 0.4) is 0 Å². The summed E-state index contributed by atoms with van der Waals surface area (Å²) in [7, 11) is 0. The lowest BCUT2D eigenvalue weighted by Gasteiger charge is -2.05. The van der Waals surface area contributed by atoms with Crippen LogP contribution in [-0.4, -0.2) is 16.2 Å². The standard InChI is InChI=1S/C9H8N2O3/c10-4-7(11)5-1-2-8(12)6(3-5)9(13)14/h1-3,7,12H,11H2,(H,13,14). The van der Waals surface area contributed by atoms with Crippen LogP contribution in [0.2, 0.25) is 0 Å². The van der Waals surface area contributed by atoms with Crippen LogP contribution < -0.4 is 5.73 Å². The number of benzene rings is 1. The largest absolute Gasteiger partial charge is 0.507 e. The van der Waals surface area contributed by atoms with Gasteiger partial charge in [-0.1, -0.05) is 6.07 Å². The molecule has 0 aliphatic carbocycles. The molecular formula is C9H8N2O3. The highest BCUT2D eigenvalue weighted by molar-refractivity contribution is 5.91. The van der Waals surface area contributed by atoms with E-state index < -0.39 is 12.0 Å². The summed E-state index contributed by atoms with van der Waals surface area (Å²) in [4.78, 5) is 10.6. The van der Waals surface area contributed by atoms with Gasteiger partial charge in [0, 0.05) is 0 Å². The molecule has 72 valence electrons. The van der Waals surface area contributed by atoms with Gasteiger partial charge < -0.3 is 15.9 Å². The molecule has 1 rings (SSSR count). The first-order valence-electron chi connectivity index (χ1n) is 3.77. The third-order valence-electron chi connectivity index (χ3n) is 1.75. The SMILES string of the molecule is N#CC(N)c1ccc(O)c(C(=O)O)c1. The van der Waals surface area contributed by atoms with Gasteiger partial charge in [0.15, 0.2) is 0 Å². The number of hydrogen-bond acceptors (Lipinski definition) is 4. The van der Waals surface area contributed by atoms with Gasteiger partial charge in [0.2, 0.25) is 0 Å². The monoisotopic (exact) mass is 192 g/mol. The lowest BCUT2D eigenvalue weighted by atomic mass is 10.0. The molecule has 0 saturated carbocycles. The van der Waals surface area contributed by atoms with E-state index >= 15 is 0 Å². The Morgan fingerprint density at radius 2 is 2.21 bits per heavy atom. The molecule has 0 aliphatic heterocycles. The van der Waals surface area contributed by atoms with Crippen LogP contribution in [0, 0.1) is 11.3 Å². The molecule has 0 saturated heterocycles. The number of nitriles is 1. The van der Waals surface area contributed by atoms with Gasteiger partial charge in [0.1, 0.15) is 17.4 Å². The van der Waals surface area contributed by atoms with Crippen molar-refractivity contribution in [2.75, 3.05) is 0 Å². The molecule has 0 aromatic heterocycles. The fraction of sp³-hybridized carbons (Fsp3) is 0.111. The minimum Gasteiger partial charge on any atom is -0.507 e. The second-order valence-electron chi connectivity index (χ2n) is 2.69. The van der Waals surface area contributed by atoms with Gasteiger partial charge in [-0.15, -0.1) is 0 Å². The van der Waals surface area contributed by atoms with E-state index in [1.165, 1.54) is 18.2 Å². The summed E-state index contributed by atoms with van der Waals surface area (Å²) in [5.41, 5.74) is 5.49. The van der Waals surface area contributed by atoms with Crippen molar-refractivity contribution in [3.8, 4) is 11.8 Å². The molecule has 1 atom stereocenters. The molecule has 0 bridgehead atoms. The van der Waals surface area contributed by atoms with E-state index in [-0.39, 0.29) is 11.3 Å². The number of carbonyl (C=O) groups is 1. The number of phenols is 1. The maximum Gasteiger partial charge on any atom is 0.339 e. The van der Waals surface area contributed by atoms with Crippen molar-refractivity contribution in [3.63, 3.8) is 0 Å². The quantitative estimate of drug-likeness (QED) is 0.636. The van der Waals surface area contributed by atoms with Crippen molar-refractivity contribution in [1.82, 2.24) is 0 Å². The summed E-state index contributed by atoms with van der Waals surface area (Å²) in [6, 6.07) is 4.69. The summed E-state index contributed by atoms with van der Waals surface area (Å²) in [5, 5.41) is 26.3. The zero-order chi connectivity index (χ0) is 10.7. The number of aromatic hydroxyl groups is 1. The number of carboxylic acid groups (broad SMARTS) is 1. The Hall–Kier alpha value is -2.06. The molecule has 5 heteroatoms. The Bertz CT molecular complexity index is 409. The van der Waals surface area contributed by atoms with E-state index in [1.807, 2.05) is 0 Å². The van der Waals surface area contributed by atoms with Crippen LogP contribution in [0.5, 0.6) is 5.75 Å². The highest BCUT2D eigenvalue weighted by Gasteiger charge is 2.12. The topological polar surface area (TPSA) is 107 Å². The smallest absolute Gasteiger partial charge is 0.339 e. The molecule has 5 nitrogen and oxygen atoms in total. The average molecular weight is 192 g/mol. The number of hydrogen-bond donors (Lipinski definition) is 3. The lowest BCUT2D eigenvalue weighted by molar-refractivity contribution is 0.0693. The van der Waals surface area contributed by atoms with Crippen LogP contribution in [-0.2, 0) is 0 Å². The highest BCUT2D eigenvalue weighted by Crippen LogP contribution is 2.21. The van der Waals surface area contributed by atoms with Gasteiger partial charge >= 0.3 is 5.97 Å². The zero-order valence-electron chi connectivity index (χ0n) is 7.14. The summed E-state index contributed by atoms with van der Waals surface area (Å²) in [6.07, 6.45) is 0. The number of nitrogens with two attached hydrogens (primary N) is 1. The van der Waals surface area contributed by atoms with Crippen molar-refractivity contribution in [2.45, 2.75) is 6.04 Å². The molecular weight excluding hydrogens is 184 g/mol. The number of rotatable bonds is 2. The summed E-state index contributed by atoms with van der Waals surface area (Å²) in [5.74, 6) is -1.60. The van der Waals surface area contributed by atoms with Gasteiger partial charge in [-0.3, -0.25) is 0 Å². The van der Waals surface area contributed by atoms with E-state index in [0.717, 1.165) is 0 Å². The van der Waals surface area contributed by atoms with Gasteiger partial charge in [-0.2, -0.15) is 5.26 Å². The minimum atomic E-state index is -1.26. The minimum absolute atomic E-state index is 0.256. The van der Waals surface area contributed by atoms with Crippen LogP contribution in [0.4, 0.5) is 0 Å². The Morgan fingerprint density at radius 3 is 2.71 bits per heavy atom. The predicted molar refractivity (Wildman–Crippen MR) is 47.6 cm³/mol. The molecule has 1 aromatic carbocycles. The Balaban J connectivity index is 3.21. The Kier molecular flexibility index (Phi) is 2.70. The zero-order valence-corrected chi connectivity index (χ0v) is 7.14. The van der Waals surface area contributed by atoms with Crippen LogP contribution >= 0.6 is 0 Å². The maximum absolute atomic E-state index is 10.6. The number of nitrogens with zero attached hydrogens (tertiary/aromatic N) is 1. The van der Waals surface area contributed by atoms with Crippen molar-refractivity contribution in [3.05, 3.63) is 29.3 Å². The number of carboxylic acids is 1. The van der Waals surface area contributed by atoms with E-state index in [4.69, 9.17) is 21.2 Å². The predicted octanol–water partition coefficient (Wildman–Crippen LogP) is 0.614. The van der Waals surface area contributed by atoms with E-state index in [2.05, 4.69) is 0 Å². The molecule has 1 aromatic rings. The normalized spacial score (nSPS) is 11.7. The fourth-order valence-electron chi connectivity index (χ4n) is 0.993. The third-order valence-corrected chi connectivity index (χ3v) is 1.75. The first-order chi connectivity index (χ1) is 6.56. The average Bonchev–Trinajstić information content (AvgIpc) is 2.17. The molecule has 0 heterocycles. The summed E-state index contributed by atoms with van der Waals surface area (Å²) >= 11 is 0. The molecule has 0 fully saturated rings. The maximum atomic E-state index is 10.6. The van der Waals surface area contributed by atoms with Gasteiger partial charge in [-0.05, 0) is 17.7 Å². The van der Waals surface area contributed by atoms with E-state index in [9.17, 15) is 4.79 Å². The van der Waals surface area contributed by atoms with Gasteiger partial charge in [-0.25, -0.2) is 4.79 Å². The number of aromatic carboxylic acids is 1. The van der Waals surface area contributed by atoms with Crippen molar-refractivity contribution in [2.24, 2.45) is 5.73 Å². The summed E-state index contributed by atoms with van der Waals surface area (Å²) in [6.45, 7) is 0. The first-order valence-corrected chi connectivity index (χ1v) is 3.77. The molecule has 1 unspecified atom stereocenters. The van der Waals surface area contributed by atoms with Crippen LogP contribution in [0.25, 0.3) is 0 Å². The lowest BCUT2D eigenvalue weighted by Crippen LogP contribution is -2.08. The third kappa shape index (κ3) is 1.81. The molecule has 0 aliphatic rings. The Labute approximate surface area is 80.0 Å². The van der Waals surface area contributed by atoms with Crippen LogP contribution in [0.15, 0.2) is 18.2 Å². The van der Waals surface area contributed by atoms with E-state index in [0.29, 0.717) is 5.56 Å². The second-order valence-corrected chi connectivity index (χ2v) is 2.69. The van der Waals surface area contributed by atoms with Crippen molar-refractivity contribution >= 4 is 5.97 Å². The molecule has 14 heavy (non-hydrogen) atoms. The second kappa shape index (κ2) is 3.77. The van der Waals surface area contributed by atoms with Crippen molar-refractivity contribution < 1.29 is 15.0 Å². The molecule has 0 amide bonds. The summed E-state index contributed by atoms with van der Waals surface area (Å²) < 4.78 is 0. The fourth-order valence-corrected chi connectivity index (χ4v) is 0.993. The van der Waals surface area contributed by atoms with E-state index in [1.54, 1.807) is 6.07 Å². The molecule has 0 spiro atoms. The Morgan fingerprint density at radius 1 is 1.57 bits per heavy atom. The highest BCUT2D eigenvalue weighted by atomic mass is 16.4. The molecule has 4 N–H and O–H groups in total.